The lowest BCUT2D eigenvalue weighted by Gasteiger charge is -2.46. The summed E-state index contributed by atoms with van der Waals surface area (Å²) in [6, 6.07) is 0. The first-order chi connectivity index (χ1) is 5.44. The van der Waals surface area contributed by atoms with Gasteiger partial charge < -0.3 is 0 Å². The second-order valence-electron chi connectivity index (χ2n) is 5.43. The molecule has 0 unspecified atom stereocenters. The minimum atomic E-state index is -0.535. The largest absolute Gasteiger partial charge is 0.285 e. The van der Waals surface area contributed by atoms with E-state index in [1.807, 2.05) is 0 Å². The molecule has 0 fully saturated rings. The Kier molecular flexibility index (Phi) is 3.83. The van der Waals surface area contributed by atoms with Gasteiger partial charge in [0, 0.05) is 0 Å². The van der Waals surface area contributed by atoms with Gasteiger partial charge in [0.25, 0.3) is 0 Å². The number of carbonyl (C=O) groups excluding carboxylic acids is 1. The average Bonchev–Trinajstić information content (AvgIpc) is 1.80. The van der Waals surface area contributed by atoms with Crippen molar-refractivity contribution in [3.05, 3.63) is 0 Å². The highest BCUT2D eigenvalue weighted by Gasteiger charge is 2.53. The summed E-state index contributed by atoms with van der Waals surface area (Å²) in [5.41, 5.74) is -0.238. The van der Waals surface area contributed by atoms with Gasteiger partial charge in [-0.1, -0.05) is 57.5 Å². The summed E-state index contributed by atoms with van der Waals surface area (Å²) in [4.78, 5) is 11.6. The van der Waals surface area contributed by atoms with Gasteiger partial charge in [0.1, 0.15) is 4.32 Å². The van der Waals surface area contributed by atoms with Crippen LogP contribution in [0.5, 0.6) is 0 Å². The van der Waals surface area contributed by atoms with E-state index in [4.69, 9.17) is 0 Å². The Morgan fingerprint density at radius 2 is 1.15 bits per heavy atom. The molecule has 1 nitrogen and oxygen atoms in total. The fourth-order valence-electron chi connectivity index (χ4n) is 1.71. The maximum Gasteiger partial charge on any atom is 0.215 e. The molecule has 0 aliphatic rings. The smallest absolute Gasteiger partial charge is 0.215 e. The lowest BCUT2D eigenvalue weighted by molar-refractivity contribution is -0.117. The molecule has 0 aliphatic carbocycles. The first-order valence-electron chi connectivity index (χ1n) is 4.33. The molecule has 0 heterocycles. The van der Waals surface area contributed by atoms with E-state index >= 15 is 0 Å². The van der Waals surface area contributed by atoms with Crippen molar-refractivity contribution in [2.45, 2.75) is 45.9 Å². The molecular weight excluding hydrogens is 296 g/mol. The minimum Gasteiger partial charge on any atom is -0.285 e. The van der Waals surface area contributed by atoms with Gasteiger partial charge in [-0.15, -0.1) is 0 Å². The molecule has 0 bridgehead atoms. The summed E-state index contributed by atoms with van der Waals surface area (Å²) < 4.78 is -0.521. The number of hydrogen-bond acceptors (Lipinski definition) is 1. The molecule has 0 amide bonds. The molecule has 0 N–H and O–H groups in total. The van der Waals surface area contributed by atoms with E-state index in [1.54, 1.807) is 0 Å². The predicted molar refractivity (Wildman–Crippen MR) is 64.5 cm³/mol. The fraction of sp³-hybridized carbons (Fsp3) is 0.900. The molecule has 0 aromatic carbocycles. The topological polar surface area (TPSA) is 17.1 Å². The number of carbonyl (C=O) groups is 1. The zero-order valence-electron chi connectivity index (χ0n) is 9.16. The van der Waals surface area contributed by atoms with Crippen LogP contribution < -0.4 is 0 Å². The van der Waals surface area contributed by atoms with Crippen LogP contribution in [0.4, 0.5) is 0 Å². The second-order valence-corrected chi connectivity index (χ2v) is 7.34. The van der Waals surface area contributed by atoms with Crippen molar-refractivity contribution in [1.29, 1.82) is 0 Å². The molecule has 0 saturated heterocycles. The first-order valence-corrected chi connectivity index (χ1v) is 5.92. The Labute approximate surface area is 97.9 Å². The van der Waals surface area contributed by atoms with Crippen molar-refractivity contribution in [1.82, 2.24) is 0 Å². The minimum absolute atomic E-state index is 0.0139. The van der Waals surface area contributed by atoms with Crippen molar-refractivity contribution in [2.75, 3.05) is 0 Å². The third-order valence-electron chi connectivity index (χ3n) is 2.34. The summed E-state index contributed by atoms with van der Waals surface area (Å²) in [6.07, 6.45) is 0. The van der Waals surface area contributed by atoms with Crippen molar-refractivity contribution >= 4 is 36.6 Å². The van der Waals surface area contributed by atoms with Crippen LogP contribution in [0.25, 0.3) is 0 Å². The van der Waals surface area contributed by atoms with Crippen LogP contribution in [0, 0.1) is 10.8 Å². The van der Waals surface area contributed by atoms with Crippen LogP contribution in [0.2, 0.25) is 0 Å². The van der Waals surface area contributed by atoms with Gasteiger partial charge >= 0.3 is 0 Å². The predicted octanol–water partition coefficient (Wildman–Crippen LogP) is 4.13. The van der Waals surface area contributed by atoms with Crippen molar-refractivity contribution in [3.8, 4) is 0 Å². The molecule has 0 spiro atoms. The summed E-state index contributed by atoms with van der Waals surface area (Å²) in [7, 11) is 0. The van der Waals surface area contributed by atoms with Crippen LogP contribution in [-0.2, 0) is 4.79 Å². The first kappa shape index (κ1) is 13.6. The number of halogens is 2. The van der Waals surface area contributed by atoms with E-state index in [2.05, 4.69) is 73.4 Å². The normalized spacial score (nSPS) is 14.5. The molecule has 0 saturated carbocycles. The van der Waals surface area contributed by atoms with Crippen LogP contribution in [-0.4, -0.2) is 9.02 Å². The molecule has 3 heteroatoms. The van der Waals surface area contributed by atoms with Gasteiger partial charge in [-0.05, 0) is 26.8 Å². The summed E-state index contributed by atoms with van der Waals surface area (Å²) >= 11 is 6.68. The third kappa shape index (κ3) is 2.35. The van der Waals surface area contributed by atoms with Gasteiger partial charge in [-0.2, -0.15) is 0 Å². The SMILES string of the molecule is CC(C)(C)C(Br)(C(=O)Br)C(C)(C)C. The molecule has 0 atom stereocenters. The fourth-order valence-corrected chi connectivity index (χ4v) is 2.90. The third-order valence-corrected chi connectivity index (χ3v) is 6.20. The quantitative estimate of drug-likeness (QED) is 0.525. The van der Waals surface area contributed by atoms with Gasteiger partial charge in [0.05, 0.1) is 0 Å². The Morgan fingerprint density at radius 1 is 0.923 bits per heavy atom. The highest BCUT2D eigenvalue weighted by Crippen LogP contribution is 2.52. The molecule has 0 aromatic rings. The van der Waals surface area contributed by atoms with Crippen molar-refractivity contribution < 1.29 is 4.79 Å². The average molecular weight is 314 g/mol. The maximum absolute atomic E-state index is 11.6. The summed E-state index contributed by atoms with van der Waals surface area (Å²) in [6.45, 7) is 12.4. The van der Waals surface area contributed by atoms with E-state index in [-0.39, 0.29) is 15.5 Å². The number of hydrogen-bond donors (Lipinski definition) is 0. The van der Waals surface area contributed by atoms with Crippen LogP contribution in [0.3, 0.4) is 0 Å². The summed E-state index contributed by atoms with van der Waals surface area (Å²) in [5, 5.41) is 0. The molecule has 0 aromatic heterocycles. The maximum atomic E-state index is 11.6. The lowest BCUT2D eigenvalue weighted by Crippen LogP contribution is -2.52. The highest BCUT2D eigenvalue weighted by atomic mass is 79.9. The van der Waals surface area contributed by atoms with Gasteiger partial charge in [-0.25, -0.2) is 0 Å². The van der Waals surface area contributed by atoms with E-state index in [0.717, 1.165) is 0 Å². The second kappa shape index (κ2) is 3.65. The lowest BCUT2D eigenvalue weighted by atomic mass is 9.67. The van der Waals surface area contributed by atoms with Crippen molar-refractivity contribution in [3.63, 3.8) is 0 Å². The molecule has 0 radical (unpaired) electrons. The Morgan fingerprint density at radius 3 is 1.15 bits per heavy atom. The Hall–Kier alpha value is 0.630. The highest BCUT2D eigenvalue weighted by molar-refractivity contribution is 9.20. The molecule has 0 rings (SSSR count). The van der Waals surface area contributed by atoms with E-state index in [9.17, 15) is 4.79 Å². The van der Waals surface area contributed by atoms with E-state index in [1.165, 1.54) is 0 Å². The molecule has 0 aliphatic heterocycles. The zero-order valence-corrected chi connectivity index (χ0v) is 12.3. The van der Waals surface area contributed by atoms with Crippen LogP contribution in [0.1, 0.15) is 41.5 Å². The van der Waals surface area contributed by atoms with Gasteiger partial charge in [0.2, 0.25) is 4.69 Å². The summed E-state index contributed by atoms with van der Waals surface area (Å²) in [5.74, 6) is 0. The van der Waals surface area contributed by atoms with Gasteiger partial charge in [0.15, 0.2) is 0 Å². The molecule has 13 heavy (non-hydrogen) atoms. The monoisotopic (exact) mass is 312 g/mol. The number of alkyl halides is 1. The number of rotatable bonds is 1. The zero-order chi connectivity index (χ0) is 11.1. The van der Waals surface area contributed by atoms with Gasteiger partial charge in [-0.3, -0.25) is 4.79 Å². The van der Waals surface area contributed by atoms with Crippen molar-refractivity contribution in [2.24, 2.45) is 10.8 Å². The Bertz CT molecular complexity index is 194. The van der Waals surface area contributed by atoms with Crippen LogP contribution >= 0.6 is 31.9 Å². The van der Waals surface area contributed by atoms with E-state index < -0.39 is 4.32 Å². The standard InChI is InChI=1S/C10H18Br2O/c1-8(2,3)10(12,7(11)13)9(4,5)6/h1-6H3. The molecule has 78 valence electrons. The Balaban J connectivity index is 5.35. The van der Waals surface area contributed by atoms with E-state index in [0.29, 0.717) is 0 Å². The van der Waals surface area contributed by atoms with Crippen LogP contribution in [0.15, 0.2) is 0 Å². The molecular formula is C10H18Br2O.